The van der Waals surface area contributed by atoms with Crippen molar-refractivity contribution in [2.45, 2.75) is 6.92 Å². The van der Waals surface area contributed by atoms with E-state index in [4.69, 9.17) is 23.7 Å². The van der Waals surface area contributed by atoms with Crippen LogP contribution in [0.25, 0.3) is 6.08 Å². The average molecular weight is 425 g/mol. The number of Topliss-reactive ketones (excluding diaryl/α,β-unsaturated/α-hetero) is 1. The molecule has 0 atom stereocenters. The Morgan fingerprint density at radius 2 is 1.94 bits per heavy atom. The fourth-order valence-electron chi connectivity index (χ4n) is 3.34. The molecule has 0 aliphatic carbocycles. The second-order valence-electron chi connectivity index (χ2n) is 6.91. The van der Waals surface area contributed by atoms with Gasteiger partial charge in [-0.3, -0.25) is 4.79 Å². The number of benzene rings is 2. The number of methoxy groups -OCH3 is 1. The molecule has 0 saturated carbocycles. The topological polar surface area (TPSA) is 83.5 Å². The van der Waals surface area contributed by atoms with Gasteiger partial charge in [0, 0.05) is 19.2 Å². The fourth-order valence-corrected chi connectivity index (χ4v) is 3.34. The van der Waals surface area contributed by atoms with Gasteiger partial charge in [0.2, 0.25) is 5.78 Å². The average Bonchev–Trinajstić information content (AvgIpc) is 3.10. The molecule has 0 bridgehead atoms. The third-order valence-corrected chi connectivity index (χ3v) is 4.90. The molecule has 0 unspecified atom stereocenters. The molecule has 31 heavy (non-hydrogen) atoms. The minimum atomic E-state index is -0.456. The van der Waals surface area contributed by atoms with Crippen LogP contribution < -0.4 is 18.9 Å². The van der Waals surface area contributed by atoms with E-state index in [0.717, 1.165) is 0 Å². The van der Waals surface area contributed by atoms with Gasteiger partial charge in [0.25, 0.3) is 0 Å². The predicted octanol–water partition coefficient (Wildman–Crippen LogP) is 3.54. The van der Waals surface area contributed by atoms with Crippen molar-refractivity contribution in [1.82, 2.24) is 4.90 Å². The van der Waals surface area contributed by atoms with Crippen LogP contribution in [-0.4, -0.2) is 56.8 Å². The van der Waals surface area contributed by atoms with Crippen molar-refractivity contribution in [3.63, 3.8) is 0 Å². The molecule has 8 heteroatoms. The van der Waals surface area contributed by atoms with Crippen molar-refractivity contribution in [2.24, 2.45) is 0 Å². The Morgan fingerprint density at radius 3 is 2.68 bits per heavy atom. The summed E-state index contributed by atoms with van der Waals surface area (Å²) in [4.78, 5) is 26.6. The van der Waals surface area contributed by atoms with E-state index in [2.05, 4.69) is 0 Å². The number of hydrogen-bond acceptors (Lipinski definition) is 7. The molecule has 2 heterocycles. The zero-order chi connectivity index (χ0) is 21.8. The monoisotopic (exact) mass is 425 g/mol. The van der Waals surface area contributed by atoms with Crippen molar-refractivity contribution < 1.29 is 33.3 Å². The van der Waals surface area contributed by atoms with Crippen LogP contribution in [-0.2, 0) is 4.74 Å². The maximum absolute atomic E-state index is 12.7. The Labute approximate surface area is 179 Å². The van der Waals surface area contributed by atoms with Gasteiger partial charge in [0.15, 0.2) is 17.3 Å². The summed E-state index contributed by atoms with van der Waals surface area (Å²) >= 11 is 0. The van der Waals surface area contributed by atoms with E-state index >= 15 is 0 Å². The highest BCUT2D eigenvalue weighted by atomic mass is 16.6. The van der Waals surface area contributed by atoms with E-state index in [9.17, 15) is 9.59 Å². The van der Waals surface area contributed by atoms with Gasteiger partial charge in [-0.15, -0.1) is 0 Å². The van der Waals surface area contributed by atoms with Crippen molar-refractivity contribution in [3.05, 3.63) is 53.3 Å². The Balaban J connectivity index is 1.51. The highest BCUT2D eigenvalue weighted by Gasteiger charge is 2.28. The smallest absolute Gasteiger partial charge is 0.415 e. The molecule has 1 fully saturated rings. The molecule has 1 saturated heterocycles. The number of hydrogen-bond donors (Lipinski definition) is 0. The zero-order valence-corrected chi connectivity index (χ0v) is 17.4. The van der Waals surface area contributed by atoms with Crippen LogP contribution in [0.5, 0.6) is 23.0 Å². The number of carbonyl (C=O) groups excluding carboxylic acids is 2. The number of amides is 1. The van der Waals surface area contributed by atoms with Gasteiger partial charge in [-0.1, -0.05) is 6.07 Å². The maximum atomic E-state index is 12.7. The van der Waals surface area contributed by atoms with Crippen LogP contribution >= 0.6 is 0 Å². The first-order valence-electron chi connectivity index (χ1n) is 10.0. The standard InChI is InChI=1S/C23H23NO7/c1-3-29-16-5-6-17-19(14-16)30-21(22(17)25)13-15-4-7-18(20(12-15)27-2)31-23(26)24-8-10-28-11-9-24/h4-7,12-14H,3,8-11H2,1-2H3. The maximum Gasteiger partial charge on any atom is 0.415 e. The largest absolute Gasteiger partial charge is 0.494 e. The SMILES string of the molecule is CCOc1ccc2c(c1)OC(=Cc1ccc(OC(=O)N3CCOCC3)c(OC)c1)C2=O. The molecule has 0 N–H and O–H groups in total. The quantitative estimate of drug-likeness (QED) is 0.678. The fraction of sp³-hybridized carbons (Fsp3) is 0.304. The van der Waals surface area contributed by atoms with Crippen molar-refractivity contribution in [2.75, 3.05) is 40.0 Å². The van der Waals surface area contributed by atoms with Crippen molar-refractivity contribution in [3.8, 4) is 23.0 Å². The Kier molecular flexibility index (Phi) is 6.08. The number of ether oxygens (including phenoxy) is 5. The first-order chi connectivity index (χ1) is 15.1. The van der Waals surface area contributed by atoms with E-state index in [1.165, 1.54) is 7.11 Å². The van der Waals surface area contributed by atoms with E-state index in [1.807, 2.05) is 6.92 Å². The third-order valence-electron chi connectivity index (χ3n) is 4.90. The van der Waals surface area contributed by atoms with E-state index in [1.54, 1.807) is 47.4 Å². The summed E-state index contributed by atoms with van der Waals surface area (Å²) in [6.45, 7) is 4.35. The summed E-state index contributed by atoms with van der Waals surface area (Å²) in [5, 5.41) is 0. The molecule has 2 aliphatic heterocycles. The van der Waals surface area contributed by atoms with Crippen LogP contribution in [0, 0.1) is 0 Å². The molecule has 4 rings (SSSR count). The van der Waals surface area contributed by atoms with Crippen LogP contribution in [0.2, 0.25) is 0 Å². The zero-order valence-electron chi connectivity index (χ0n) is 17.4. The lowest BCUT2D eigenvalue weighted by Crippen LogP contribution is -2.42. The lowest BCUT2D eigenvalue weighted by Gasteiger charge is -2.26. The molecule has 0 aromatic heterocycles. The second-order valence-corrected chi connectivity index (χ2v) is 6.91. The number of carbonyl (C=O) groups is 2. The van der Waals surface area contributed by atoms with Gasteiger partial charge < -0.3 is 28.6 Å². The number of rotatable bonds is 5. The molecule has 162 valence electrons. The summed E-state index contributed by atoms with van der Waals surface area (Å²) in [6.07, 6.45) is 1.17. The predicted molar refractivity (Wildman–Crippen MR) is 112 cm³/mol. The lowest BCUT2D eigenvalue weighted by molar-refractivity contribution is 0.0413. The molecular formula is C23H23NO7. The minimum Gasteiger partial charge on any atom is -0.494 e. The van der Waals surface area contributed by atoms with Crippen LogP contribution in [0.4, 0.5) is 4.79 Å². The Bertz CT molecular complexity index is 1020. The number of fused-ring (bicyclic) bond motifs is 1. The van der Waals surface area contributed by atoms with Gasteiger partial charge in [0.1, 0.15) is 11.5 Å². The van der Waals surface area contributed by atoms with Gasteiger partial charge in [-0.2, -0.15) is 0 Å². The number of morpholine rings is 1. The van der Waals surface area contributed by atoms with Crippen molar-refractivity contribution in [1.29, 1.82) is 0 Å². The summed E-state index contributed by atoms with van der Waals surface area (Å²) < 4.78 is 27.3. The molecule has 2 aliphatic rings. The molecule has 2 aromatic carbocycles. The summed E-state index contributed by atoms with van der Waals surface area (Å²) in [7, 11) is 1.49. The van der Waals surface area contributed by atoms with Gasteiger partial charge in [-0.25, -0.2) is 4.79 Å². The highest BCUT2D eigenvalue weighted by Crippen LogP contribution is 2.36. The van der Waals surface area contributed by atoms with E-state index in [-0.39, 0.29) is 11.5 Å². The molecule has 0 spiro atoms. The third kappa shape index (κ3) is 4.49. The summed E-state index contributed by atoms with van der Waals surface area (Å²) in [5.41, 5.74) is 1.15. The normalized spacial score (nSPS) is 16.6. The Morgan fingerprint density at radius 1 is 1.13 bits per heavy atom. The molecule has 1 amide bonds. The summed E-state index contributed by atoms with van der Waals surface area (Å²) in [6, 6.07) is 10.2. The van der Waals surface area contributed by atoms with Gasteiger partial charge in [0.05, 0.1) is 32.5 Å². The number of allylic oxidation sites excluding steroid dienone is 1. The first-order valence-corrected chi connectivity index (χ1v) is 10.0. The van der Waals surface area contributed by atoms with Crippen LogP contribution in [0.3, 0.4) is 0 Å². The lowest BCUT2D eigenvalue weighted by atomic mass is 10.1. The Hall–Kier alpha value is -3.52. The van der Waals surface area contributed by atoms with E-state index < -0.39 is 6.09 Å². The minimum absolute atomic E-state index is 0.198. The highest BCUT2D eigenvalue weighted by molar-refractivity contribution is 6.14. The van der Waals surface area contributed by atoms with Gasteiger partial charge >= 0.3 is 6.09 Å². The molecule has 2 aromatic rings. The van der Waals surface area contributed by atoms with Crippen LogP contribution in [0.15, 0.2) is 42.2 Å². The number of ketones is 1. The molecule has 8 nitrogen and oxygen atoms in total. The summed E-state index contributed by atoms with van der Waals surface area (Å²) in [5.74, 6) is 1.76. The molecular weight excluding hydrogens is 402 g/mol. The van der Waals surface area contributed by atoms with Gasteiger partial charge in [-0.05, 0) is 42.8 Å². The molecule has 0 radical (unpaired) electrons. The second kappa shape index (κ2) is 9.09. The van der Waals surface area contributed by atoms with Crippen LogP contribution in [0.1, 0.15) is 22.8 Å². The van der Waals surface area contributed by atoms with Crippen molar-refractivity contribution >= 4 is 18.0 Å². The first kappa shape index (κ1) is 20.7. The number of nitrogens with zero attached hydrogens (tertiary/aromatic N) is 1. The van der Waals surface area contributed by atoms with E-state index in [0.29, 0.717) is 67.0 Å².